The van der Waals surface area contributed by atoms with Crippen LogP contribution in [0.1, 0.15) is 18.6 Å². The first-order chi connectivity index (χ1) is 18.5. The summed E-state index contributed by atoms with van der Waals surface area (Å²) < 4.78 is 97.8. The van der Waals surface area contributed by atoms with Crippen LogP contribution in [0.4, 0.5) is 32.0 Å². The molecule has 1 aromatic carbocycles. The number of rotatable bonds is 4. The summed E-state index contributed by atoms with van der Waals surface area (Å²) in [5, 5.41) is 14.2. The van der Waals surface area contributed by atoms with Gasteiger partial charge in [-0.2, -0.15) is 26.3 Å². The van der Waals surface area contributed by atoms with Crippen LogP contribution in [-0.2, 0) is 26.2 Å². The number of hydrogen-bond donors (Lipinski definition) is 3. The fourth-order valence-electron chi connectivity index (χ4n) is 4.23. The third-order valence-electron chi connectivity index (χ3n) is 6.13. The van der Waals surface area contributed by atoms with Gasteiger partial charge >= 0.3 is 24.3 Å². The Morgan fingerprint density at radius 2 is 1.52 bits per heavy atom. The maximum atomic E-state index is 12.9. The van der Waals surface area contributed by atoms with Crippen LogP contribution < -0.4 is 9.62 Å². The maximum Gasteiger partial charge on any atom is 0.490 e. The number of furan rings is 1. The largest absolute Gasteiger partial charge is 0.490 e. The van der Waals surface area contributed by atoms with E-state index in [0.29, 0.717) is 23.9 Å². The molecule has 2 aliphatic heterocycles. The molecule has 0 amide bonds. The smallest absolute Gasteiger partial charge is 0.475 e. The zero-order chi connectivity index (χ0) is 29.9. The van der Waals surface area contributed by atoms with Gasteiger partial charge in [0.2, 0.25) is 10.0 Å². The molecule has 2 fully saturated rings. The summed E-state index contributed by atoms with van der Waals surface area (Å²) in [4.78, 5) is 22.8. The molecule has 3 N–H and O–H groups in total. The highest BCUT2D eigenvalue weighted by molar-refractivity contribution is 7.89. The van der Waals surface area contributed by atoms with Crippen LogP contribution >= 0.6 is 0 Å². The van der Waals surface area contributed by atoms with Crippen molar-refractivity contribution in [2.24, 2.45) is 5.92 Å². The number of anilines is 1. The molecule has 1 saturated heterocycles. The molecule has 1 saturated carbocycles. The van der Waals surface area contributed by atoms with E-state index in [4.69, 9.17) is 24.2 Å². The van der Waals surface area contributed by atoms with E-state index in [0.717, 1.165) is 24.5 Å². The number of likely N-dealkylation sites (tertiary alicyclic amines) is 1. The first-order valence-corrected chi connectivity index (χ1v) is 13.2. The second kappa shape index (κ2) is 12.1. The Morgan fingerprint density at radius 3 is 2.02 bits per heavy atom. The van der Waals surface area contributed by atoms with Gasteiger partial charge in [-0.3, -0.25) is 4.90 Å². The Kier molecular flexibility index (Phi) is 9.41. The lowest BCUT2D eigenvalue weighted by molar-refractivity contribution is -0.193. The van der Waals surface area contributed by atoms with E-state index in [9.17, 15) is 34.8 Å². The summed E-state index contributed by atoms with van der Waals surface area (Å²) in [7, 11) is -3.51. The summed E-state index contributed by atoms with van der Waals surface area (Å²) >= 11 is 0. The monoisotopic (exact) mass is 601 g/mol. The van der Waals surface area contributed by atoms with Crippen molar-refractivity contribution in [3.63, 3.8) is 0 Å². The molecular weight excluding hydrogens is 576 g/mol. The number of aliphatic carboxylic acids is 2. The fourth-order valence-corrected chi connectivity index (χ4v) is 5.70. The van der Waals surface area contributed by atoms with Crippen LogP contribution in [0.25, 0.3) is 0 Å². The molecule has 5 rings (SSSR count). The summed E-state index contributed by atoms with van der Waals surface area (Å²) in [6.07, 6.45) is -6.00. The average molecular weight is 602 g/mol. The van der Waals surface area contributed by atoms with E-state index in [2.05, 4.69) is 14.5 Å². The molecule has 3 aliphatic rings. The van der Waals surface area contributed by atoms with Crippen molar-refractivity contribution in [1.29, 1.82) is 0 Å². The molecule has 2 atom stereocenters. The summed E-state index contributed by atoms with van der Waals surface area (Å²) in [6, 6.07) is 11.3. The van der Waals surface area contributed by atoms with Crippen LogP contribution in [0.15, 0.2) is 52.0 Å². The quantitative estimate of drug-likeness (QED) is 0.451. The number of sulfonamides is 1. The highest BCUT2D eigenvalue weighted by Gasteiger charge is 2.45. The molecule has 222 valence electrons. The first-order valence-electron chi connectivity index (χ1n) is 11.7. The van der Waals surface area contributed by atoms with Crippen molar-refractivity contribution in [3.05, 3.63) is 48.4 Å². The van der Waals surface area contributed by atoms with E-state index in [-0.39, 0.29) is 12.1 Å². The van der Waals surface area contributed by atoms with Gasteiger partial charge in [0.25, 0.3) is 0 Å². The molecule has 1 aliphatic carbocycles. The summed E-state index contributed by atoms with van der Waals surface area (Å²) in [6.45, 7) is 3.17. The third-order valence-corrected chi connectivity index (χ3v) is 7.67. The Morgan fingerprint density at radius 1 is 0.950 bits per heavy atom. The van der Waals surface area contributed by atoms with Crippen molar-refractivity contribution in [2.75, 3.05) is 24.5 Å². The second-order valence-electron chi connectivity index (χ2n) is 9.24. The van der Waals surface area contributed by atoms with Crippen molar-refractivity contribution in [2.45, 2.75) is 48.7 Å². The molecule has 0 radical (unpaired) electrons. The molecule has 0 spiro atoms. The summed E-state index contributed by atoms with van der Waals surface area (Å²) in [5.41, 5.74) is 0.847. The number of benzene rings is 1. The van der Waals surface area contributed by atoms with E-state index in [1.807, 2.05) is 24.3 Å². The van der Waals surface area contributed by atoms with Crippen LogP contribution in [0.3, 0.4) is 0 Å². The van der Waals surface area contributed by atoms with Gasteiger partial charge in [0.05, 0.1) is 30.6 Å². The lowest BCUT2D eigenvalue weighted by Gasteiger charge is -2.32. The molecular formula is C23H25F6N3O7S. The number of nitrogens with one attached hydrogen (secondary N) is 1. The van der Waals surface area contributed by atoms with Crippen molar-refractivity contribution < 1.29 is 59.0 Å². The Bertz CT molecular complexity index is 1260. The minimum absolute atomic E-state index is 0.110. The molecule has 0 bridgehead atoms. The molecule has 1 aromatic heterocycles. The van der Waals surface area contributed by atoms with Gasteiger partial charge in [-0.25, -0.2) is 22.7 Å². The molecule has 3 heterocycles. The average Bonchev–Trinajstić information content (AvgIpc) is 3.39. The topological polar surface area (TPSA) is 140 Å². The van der Waals surface area contributed by atoms with Gasteiger partial charge in [-0.15, -0.1) is 0 Å². The van der Waals surface area contributed by atoms with Crippen molar-refractivity contribution in [1.82, 2.24) is 9.62 Å². The molecule has 2 unspecified atom stereocenters. The Labute approximate surface area is 224 Å². The molecule has 17 heteroatoms. The van der Waals surface area contributed by atoms with Crippen LogP contribution in [-0.4, -0.2) is 79.5 Å². The Balaban J connectivity index is 0.000000263. The lowest BCUT2D eigenvalue weighted by atomic mass is 10.1. The number of carbonyl (C=O) groups is 2. The number of nitrogens with zero attached hydrogens (tertiary/aromatic N) is 2. The van der Waals surface area contributed by atoms with Crippen LogP contribution in [0.2, 0.25) is 0 Å². The minimum Gasteiger partial charge on any atom is -0.475 e. The highest BCUT2D eigenvalue weighted by Crippen LogP contribution is 2.38. The highest BCUT2D eigenvalue weighted by atomic mass is 32.2. The van der Waals surface area contributed by atoms with Gasteiger partial charge in [0, 0.05) is 19.6 Å². The first kappa shape index (κ1) is 31.2. The number of fused-ring (bicyclic) bond motifs is 2. The molecule has 10 nitrogen and oxygen atoms in total. The zero-order valence-corrected chi connectivity index (χ0v) is 21.3. The van der Waals surface area contributed by atoms with Gasteiger partial charge in [0.15, 0.2) is 0 Å². The lowest BCUT2D eigenvalue weighted by Crippen LogP contribution is -2.49. The van der Waals surface area contributed by atoms with E-state index in [1.165, 1.54) is 12.8 Å². The third kappa shape index (κ3) is 8.34. The number of para-hydroxylation sites is 1. The second-order valence-corrected chi connectivity index (χ2v) is 10.9. The van der Waals surface area contributed by atoms with Gasteiger partial charge in [0.1, 0.15) is 10.7 Å². The van der Waals surface area contributed by atoms with Crippen LogP contribution in [0.5, 0.6) is 0 Å². The van der Waals surface area contributed by atoms with E-state index < -0.39 is 34.3 Å². The number of alkyl halides is 6. The molecule has 40 heavy (non-hydrogen) atoms. The SMILES string of the molecule is O=C(O)C(F)(F)F.O=C(O)C(F)(F)F.O=S1(=O)NC2CN(Cc3ccco3)CC2N(CC2CC2)c2ccccc21. The van der Waals surface area contributed by atoms with Gasteiger partial charge in [-0.05, 0) is 43.0 Å². The van der Waals surface area contributed by atoms with E-state index >= 15 is 0 Å². The standard InChI is InChI=1S/C19H23N3O3S.2C2HF3O2/c23-26(24)19-6-2-1-5-17(19)22(10-14-7-8-14)18-13-21(12-16(18)20-26)11-15-4-3-9-25-15;2*3-2(4,5)1(6)7/h1-6,9,14,16,18,20H,7-8,10-13H2;2*(H,6,7). The predicted molar refractivity (Wildman–Crippen MR) is 126 cm³/mol. The van der Waals surface area contributed by atoms with Gasteiger partial charge < -0.3 is 19.5 Å². The number of carboxylic acid groups (broad SMARTS) is 2. The normalized spacial score (nSPS) is 22.0. The van der Waals surface area contributed by atoms with Crippen molar-refractivity contribution >= 4 is 27.6 Å². The molecule has 2 aromatic rings. The fraction of sp³-hybridized carbons (Fsp3) is 0.478. The summed E-state index contributed by atoms with van der Waals surface area (Å²) in [5.74, 6) is -3.91. The Hall–Kier alpha value is -3.31. The van der Waals surface area contributed by atoms with E-state index in [1.54, 1.807) is 18.4 Å². The number of carboxylic acids is 2. The maximum absolute atomic E-state index is 12.9. The predicted octanol–water partition coefficient (Wildman–Crippen LogP) is 3.31. The van der Waals surface area contributed by atoms with Crippen molar-refractivity contribution in [3.8, 4) is 0 Å². The van der Waals surface area contributed by atoms with Crippen LogP contribution in [0, 0.1) is 5.92 Å². The number of hydrogen-bond acceptors (Lipinski definition) is 7. The van der Waals surface area contributed by atoms with Gasteiger partial charge in [-0.1, -0.05) is 12.1 Å². The minimum atomic E-state index is -5.08. The zero-order valence-electron chi connectivity index (χ0n) is 20.5. The number of halogens is 6.